The van der Waals surface area contributed by atoms with Gasteiger partial charge >= 0.3 is 18.9 Å². The van der Waals surface area contributed by atoms with E-state index in [0.29, 0.717) is 0 Å². The third-order valence-corrected chi connectivity index (χ3v) is 0. The van der Waals surface area contributed by atoms with Crippen LogP contribution in [0.5, 0.6) is 0 Å². The standard InChI is InChI=1S/Li.HNO3.2H2O.H/c;2-1(3)4;;;/h;(H,2,3,4);2*1H2;. The van der Waals surface area contributed by atoms with Crippen molar-refractivity contribution in [3.8, 4) is 0 Å². The zero-order valence-electron chi connectivity index (χ0n) is 2.71. The van der Waals surface area contributed by atoms with E-state index in [2.05, 4.69) is 0 Å². The van der Waals surface area contributed by atoms with Gasteiger partial charge in [-0.1, -0.05) is 0 Å². The van der Waals surface area contributed by atoms with Crippen LogP contribution in [0.3, 0.4) is 0 Å². The van der Waals surface area contributed by atoms with Crippen molar-refractivity contribution in [3.63, 3.8) is 0 Å². The van der Waals surface area contributed by atoms with E-state index in [1.165, 1.54) is 0 Å². The molecule has 0 atom stereocenters. The Morgan fingerprint density at radius 1 is 1.43 bits per heavy atom. The second-order valence-corrected chi connectivity index (χ2v) is 0.238. The Hall–Kier alpha value is -0.283. The van der Waals surface area contributed by atoms with Crippen molar-refractivity contribution in [1.29, 1.82) is 0 Å². The Morgan fingerprint density at radius 2 is 1.43 bits per heavy atom. The second-order valence-electron chi connectivity index (χ2n) is 0.238. The Kier molecular flexibility index (Phi) is 73.2. The molecule has 0 amide bonds. The Bertz CT molecular complexity index is 31.1. The van der Waals surface area contributed by atoms with E-state index in [-0.39, 0.29) is 29.8 Å². The predicted molar refractivity (Wildman–Crippen MR) is 23.2 cm³/mol. The zero-order valence-corrected chi connectivity index (χ0v) is 2.71. The molecular formula is H6LiNO5. The van der Waals surface area contributed by atoms with Gasteiger partial charge in [0.2, 0.25) is 0 Å². The number of rotatable bonds is 0. The molecule has 6 nitrogen and oxygen atoms in total. The van der Waals surface area contributed by atoms with Crippen LogP contribution in [0.25, 0.3) is 0 Å². The molecule has 0 rings (SSSR count). The summed E-state index contributed by atoms with van der Waals surface area (Å²) in [5.41, 5.74) is 0. The molecular weight excluding hydrogens is 101 g/mol. The molecule has 0 saturated heterocycles. The monoisotopic (exact) mass is 107 g/mol. The second kappa shape index (κ2) is 17.2. The molecule has 0 aromatic carbocycles. The van der Waals surface area contributed by atoms with E-state index in [1.54, 1.807) is 0 Å². The fourth-order valence-electron chi connectivity index (χ4n) is 0. The first-order valence-corrected chi connectivity index (χ1v) is 0.565. The van der Waals surface area contributed by atoms with Crippen molar-refractivity contribution in [3.05, 3.63) is 10.1 Å². The molecule has 0 fully saturated rings. The van der Waals surface area contributed by atoms with Crippen molar-refractivity contribution in [2.24, 2.45) is 0 Å². The topological polar surface area (TPSA) is 126 Å². The first-order chi connectivity index (χ1) is 1.73. The van der Waals surface area contributed by atoms with Crippen LogP contribution in [0.2, 0.25) is 0 Å². The van der Waals surface area contributed by atoms with Crippen molar-refractivity contribution in [2.75, 3.05) is 0 Å². The quantitative estimate of drug-likeness (QED) is 0.206. The van der Waals surface area contributed by atoms with Crippen molar-refractivity contribution in [2.45, 2.75) is 0 Å². The molecule has 0 bridgehead atoms. The summed E-state index contributed by atoms with van der Waals surface area (Å²) in [6, 6.07) is 0. The Balaban J connectivity index is -0.0000000150. The van der Waals surface area contributed by atoms with Gasteiger partial charge in [0.25, 0.3) is 5.09 Å². The molecule has 0 heterocycles. The van der Waals surface area contributed by atoms with Gasteiger partial charge in [0, 0.05) is 0 Å². The molecule has 0 aliphatic heterocycles. The van der Waals surface area contributed by atoms with Crippen molar-refractivity contribution in [1.82, 2.24) is 0 Å². The molecule has 5 N–H and O–H groups in total. The fourth-order valence-corrected chi connectivity index (χ4v) is 0. The van der Waals surface area contributed by atoms with E-state index in [0.717, 1.165) is 0 Å². The van der Waals surface area contributed by atoms with Crippen LogP contribution >= 0.6 is 0 Å². The summed E-state index contributed by atoms with van der Waals surface area (Å²) in [5.74, 6) is 0. The predicted octanol–water partition coefficient (Wildman–Crippen LogP) is -2.65. The van der Waals surface area contributed by atoms with Gasteiger partial charge in [-0.2, -0.15) is 0 Å². The first kappa shape index (κ1) is 29.7. The van der Waals surface area contributed by atoms with Gasteiger partial charge in [0.05, 0.1) is 0 Å². The van der Waals surface area contributed by atoms with Crippen LogP contribution < -0.4 is 0 Å². The normalized spacial score (nSPS) is 3.43. The minimum absolute atomic E-state index is 0. The third kappa shape index (κ3) is 989. The van der Waals surface area contributed by atoms with E-state index in [1.807, 2.05) is 0 Å². The first-order valence-electron chi connectivity index (χ1n) is 0.565. The van der Waals surface area contributed by atoms with Crippen LogP contribution in [-0.2, 0) is 0 Å². The fraction of sp³-hybridized carbons (Fsp3) is 0. The molecule has 0 radical (unpaired) electrons. The van der Waals surface area contributed by atoms with Crippen LogP contribution in [0.4, 0.5) is 0 Å². The molecule has 0 aromatic heterocycles. The van der Waals surface area contributed by atoms with Crippen LogP contribution in [0, 0.1) is 10.1 Å². The van der Waals surface area contributed by atoms with Gasteiger partial charge in [-0.15, -0.1) is 10.1 Å². The Labute approximate surface area is 51.0 Å². The molecule has 0 aromatic rings. The third-order valence-electron chi connectivity index (χ3n) is 0. The molecule has 7 heavy (non-hydrogen) atoms. The minimum atomic E-state index is -1.50. The molecule has 0 spiro atoms. The van der Waals surface area contributed by atoms with Crippen molar-refractivity contribution < 1.29 is 21.2 Å². The summed E-state index contributed by atoms with van der Waals surface area (Å²) in [6.07, 6.45) is 0. The molecule has 0 aliphatic rings. The average Bonchev–Trinajstić information content (AvgIpc) is 0.811. The summed E-state index contributed by atoms with van der Waals surface area (Å²) >= 11 is 0. The van der Waals surface area contributed by atoms with Gasteiger partial charge in [0.15, 0.2) is 0 Å². The maximum atomic E-state index is 8.36. The van der Waals surface area contributed by atoms with Gasteiger partial charge < -0.3 is 16.2 Å². The summed E-state index contributed by atoms with van der Waals surface area (Å²) in [6.45, 7) is 0. The number of nitrogens with zero attached hydrogens (tertiary/aromatic N) is 1. The SMILES string of the molecule is O.O.O=[N+]([O-])O.[LiH]. The maximum absolute atomic E-state index is 8.36. The van der Waals surface area contributed by atoms with Gasteiger partial charge in [-0.05, 0) is 0 Å². The number of hydrogen-bond acceptors (Lipinski definition) is 2. The van der Waals surface area contributed by atoms with Crippen LogP contribution in [-0.4, -0.2) is 40.1 Å². The molecule has 42 valence electrons. The molecule has 7 heteroatoms. The number of hydrogen-bond donors (Lipinski definition) is 1. The average molecular weight is 107 g/mol. The zero-order chi connectivity index (χ0) is 3.58. The molecule has 0 saturated carbocycles. The summed E-state index contributed by atoms with van der Waals surface area (Å²) < 4.78 is 0. The van der Waals surface area contributed by atoms with E-state index < -0.39 is 5.09 Å². The van der Waals surface area contributed by atoms with Crippen LogP contribution in [0.15, 0.2) is 0 Å². The van der Waals surface area contributed by atoms with E-state index in [9.17, 15) is 0 Å². The summed E-state index contributed by atoms with van der Waals surface area (Å²) in [5, 5.41) is 13.6. The van der Waals surface area contributed by atoms with Gasteiger partial charge in [0.1, 0.15) is 0 Å². The van der Waals surface area contributed by atoms with Crippen molar-refractivity contribution >= 4 is 18.9 Å². The molecule has 0 unspecified atom stereocenters. The van der Waals surface area contributed by atoms with Gasteiger partial charge in [-0.25, -0.2) is 0 Å². The molecule has 0 aliphatic carbocycles. The van der Waals surface area contributed by atoms with Crippen LogP contribution in [0.1, 0.15) is 0 Å². The van der Waals surface area contributed by atoms with E-state index in [4.69, 9.17) is 15.3 Å². The summed E-state index contributed by atoms with van der Waals surface area (Å²) in [7, 11) is 0. The van der Waals surface area contributed by atoms with E-state index >= 15 is 0 Å². The Morgan fingerprint density at radius 3 is 1.43 bits per heavy atom. The summed E-state index contributed by atoms with van der Waals surface area (Å²) in [4.78, 5) is 8.36. The van der Waals surface area contributed by atoms with Gasteiger partial charge in [-0.3, -0.25) is 0 Å².